The second-order valence-electron chi connectivity index (χ2n) is 5.38. The molecule has 1 aromatic carbocycles. The molecule has 0 atom stereocenters. The summed E-state index contributed by atoms with van der Waals surface area (Å²) in [7, 11) is 0. The summed E-state index contributed by atoms with van der Waals surface area (Å²) in [6, 6.07) is 5.40. The van der Waals surface area contributed by atoms with Gasteiger partial charge in [0.05, 0.1) is 5.56 Å². The van der Waals surface area contributed by atoms with Crippen LogP contribution >= 0.6 is 0 Å². The van der Waals surface area contributed by atoms with E-state index in [1.54, 1.807) is 12.1 Å². The number of alkyl halides is 3. The second kappa shape index (κ2) is 3.48. The minimum Gasteiger partial charge on any atom is -0.325 e. The molecule has 1 aliphatic rings. The van der Waals surface area contributed by atoms with Crippen molar-refractivity contribution in [2.24, 2.45) is 5.73 Å². The molecular weight excluding hydrogens is 227 g/mol. The molecule has 0 spiro atoms. The fourth-order valence-corrected chi connectivity index (χ4v) is 2.41. The summed E-state index contributed by atoms with van der Waals surface area (Å²) in [4.78, 5) is 0. The third-order valence-electron chi connectivity index (χ3n) is 3.75. The number of rotatable bonds is 2. The number of benzene rings is 1. The minimum atomic E-state index is -4.27. The van der Waals surface area contributed by atoms with E-state index < -0.39 is 17.3 Å². The Morgan fingerprint density at radius 1 is 1.06 bits per heavy atom. The van der Waals surface area contributed by atoms with Gasteiger partial charge in [-0.2, -0.15) is 13.2 Å². The van der Waals surface area contributed by atoms with Crippen molar-refractivity contribution in [1.29, 1.82) is 0 Å². The van der Waals surface area contributed by atoms with E-state index in [1.165, 1.54) is 0 Å². The standard InChI is InChI=1S/C13H16F3N/c1-11(2,17)12(7-8-12)9-3-5-10(6-4-9)13(14,15)16/h3-6H,7-8,17H2,1-2H3. The predicted octanol–water partition coefficient (Wildman–Crippen LogP) is 3.47. The van der Waals surface area contributed by atoms with Crippen molar-refractivity contribution >= 4 is 0 Å². The van der Waals surface area contributed by atoms with Crippen LogP contribution in [0.15, 0.2) is 24.3 Å². The van der Waals surface area contributed by atoms with Gasteiger partial charge in [-0.1, -0.05) is 12.1 Å². The fraction of sp³-hybridized carbons (Fsp3) is 0.538. The zero-order valence-electron chi connectivity index (χ0n) is 9.93. The average Bonchev–Trinajstić information content (AvgIpc) is 2.96. The SMILES string of the molecule is CC(C)(N)C1(c2ccc(C(F)(F)F)cc2)CC1. The molecule has 0 unspecified atom stereocenters. The van der Waals surface area contributed by atoms with Crippen molar-refractivity contribution in [3.63, 3.8) is 0 Å². The van der Waals surface area contributed by atoms with E-state index in [0.717, 1.165) is 30.5 Å². The van der Waals surface area contributed by atoms with Crippen molar-refractivity contribution in [1.82, 2.24) is 0 Å². The average molecular weight is 243 g/mol. The first-order valence-corrected chi connectivity index (χ1v) is 5.63. The summed E-state index contributed by atoms with van der Waals surface area (Å²) >= 11 is 0. The zero-order chi connectivity index (χ0) is 12.9. The van der Waals surface area contributed by atoms with Gasteiger partial charge in [0.2, 0.25) is 0 Å². The van der Waals surface area contributed by atoms with E-state index in [0.29, 0.717) is 0 Å². The molecule has 0 heterocycles. The normalized spacial score (nSPS) is 19.2. The maximum absolute atomic E-state index is 12.4. The smallest absolute Gasteiger partial charge is 0.325 e. The van der Waals surface area contributed by atoms with Crippen LogP contribution in [0.3, 0.4) is 0 Å². The summed E-state index contributed by atoms with van der Waals surface area (Å²) in [5.41, 5.74) is 5.88. The first-order chi connectivity index (χ1) is 7.67. The molecule has 1 saturated carbocycles. The Labute approximate surface area is 98.8 Å². The van der Waals surface area contributed by atoms with Gasteiger partial charge in [0.25, 0.3) is 0 Å². The Morgan fingerprint density at radius 2 is 1.53 bits per heavy atom. The van der Waals surface area contributed by atoms with Crippen LogP contribution in [0, 0.1) is 0 Å². The highest BCUT2D eigenvalue weighted by molar-refractivity contribution is 5.38. The monoisotopic (exact) mass is 243 g/mol. The van der Waals surface area contributed by atoms with Gasteiger partial charge < -0.3 is 5.73 Å². The molecule has 4 heteroatoms. The van der Waals surface area contributed by atoms with Gasteiger partial charge >= 0.3 is 6.18 Å². The van der Waals surface area contributed by atoms with Crippen LogP contribution in [0.5, 0.6) is 0 Å². The molecule has 94 valence electrons. The predicted molar refractivity (Wildman–Crippen MR) is 60.6 cm³/mol. The summed E-state index contributed by atoms with van der Waals surface area (Å²) in [6.07, 6.45) is -2.38. The Kier molecular flexibility index (Phi) is 2.54. The molecule has 2 rings (SSSR count). The molecule has 1 aliphatic carbocycles. The Bertz CT molecular complexity index is 408. The Morgan fingerprint density at radius 3 is 1.82 bits per heavy atom. The van der Waals surface area contributed by atoms with Crippen LogP contribution in [0.4, 0.5) is 13.2 Å². The molecule has 0 radical (unpaired) electrons. The molecule has 2 N–H and O–H groups in total. The van der Waals surface area contributed by atoms with E-state index in [4.69, 9.17) is 5.73 Å². The Balaban J connectivity index is 2.32. The molecule has 0 bridgehead atoms. The van der Waals surface area contributed by atoms with Crippen LogP contribution in [-0.2, 0) is 11.6 Å². The van der Waals surface area contributed by atoms with Gasteiger partial charge in [0.1, 0.15) is 0 Å². The third kappa shape index (κ3) is 2.06. The minimum absolute atomic E-state index is 0.142. The number of hydrogen-bond acceptors (Lipinski definition) is 1. The maximum Gasteiger partial charge on any atom is 0.416 e. The lowest BCUT2D eigenvalue weighted by molar-refractivity contribution is -0.137. The molecule has 0 aliphatic heterocycles. The van der Waals surface area contributed by atoms with Gasteiger partial charge in [-0.25, -0.2) is 0 Å². The van der Waals surface area contributed by atoms with Gasteiger partial charge in [-0.3, -0.25) is 0 Å². The maximum atomic E-state index is 12.4. The van der Waals surface area contributed by atoms with Crippen molar-refractivity contribution in [3.05, 3.63) is 35.4 Å². The van der Waals surface area contributed by atoms with E-state index >= 15 is 0 Å². The van der Waals surface area contributed by atoms with Crippen molar-refractivity contribution in [2.45, 2.75) is 43.8 Å². The van der Waals surface area contributed by atoms with Gasteiger partial charge in [0, 0.05) is 11.0 Å². The number of halogens is 3. The molecular formula is C13H16F3N. The molecule has 1 fully saturated rings. The molecule has 1 nitrogen and oxygen atoms in total. The number of hydrogen-bond donors (Lipinski definition) is 1. The lowest BCUT2D eigenvalue weighted by Crippen LogP contribution is -2.45. The van der Waals surface area contributed by atoms with E-state index in [1.807, 2.05) is 13.8 Å². The van der Waals surface area contributed by atoms with Crippen molar-refractivity contribution in [3.8, 4) is 0 Å². The summed E-state index contributed by atoms with van der Waals surface area (Å²) in [5.74, 6) is 0. The summed E-state index contributed by atoms with van der Waals surface area (Å²) in [5, 5.41) is 0. The molecule has 0 saturated heterocycles. The first-order valence-electron chi connectivity index (χ1n) is 5.63. The summed E-state index contributed by atoms with van der Waals surface area (Å²) in [6.45, 7) is 3.86. The highest BCUT2D eigenvalue weighted by atomic mass is 19.4. The largest absolute Gasteiger partial charge is 0.416 e. The topological polar surface area (TPSA) is 26.0 Å². The van der Waals surface area contributed by atoms with Crippen molar-refractivity contribution < 1.29 is 13.2 Å². The highest BCUT2D eigenvalue weighted by Crippen LogP contribution is 2.54. The van der Waals surface area contributed by atoms with Crippen LogP contribution in [0.25, 0.3) is 0 Å². The highest BCUT2D eigenvalue weighted by Gasteiger charge is 2.53. The van der Waals surface area contributed by atoms with Gasteiger partial charge in [-0.05, 0) is 44.4 Å². The van der Waals surface area contributed by atoms with Gasteiger partial charge in [0.15, 0.2) is 0 Å². The fourth-order valence-electron chi connectivity index (χ4n) is 2.41. The van der Waals surface area contributed by atoms with E-state index in [-0.39, 0.29) is 5.41 Å². The van der Waals surface area contributed by atoms with E-state index in [2.05, 4.69) is 0 Å². The van der Waals surface area contributed by atoms with Crippen LogP contribution < -0.4 is 5.73 Å². The number of nitrogens with two attached hydrogens (primary N) is 1. The lowest BCUT2D eigenvalue weighted by Gasteiger charge is -2.31. The quantitative estimate of drug-likeness (QED) is 0.845. The van der Waals surface area contributed by atoms with E-state index in [9.17, 15) is 13.2 Å². The third-order valence-corrected chi connectivity index (χ3v) is 3.75. The van der Waals surface area contributed by atoms with Crippen LogP contribution in [0.2, 0.25) is 0 Å². The lowest BCUT2D eigenvalue weighted by atomic mass is 9.79. The molecule has 17 heavy (non-hydrogen) atoms. The first kappa shape index (κ1) is 12.4. The summed E-state index contributed by atoms with van der Waals surface area (Å²) < 4.78 is 37.3. The molecule has 0 aromatic heterocycles. The zero-order valence-corrected chi connectivity index (χ0v) is 9.93. The molecule has 1 aromatic rings. The molecule has 0 amide bonds. The van der Waals surface area contributed by atoms with Crippen LogP contribution in [-0.4, -0.2) is 5.54 Å². The second-order valence-corrected chi connectivity index (χ2v) is 5.38. The van der Waals surface area contributed by atoms with Gasteiger partial charge in [-0.15, -0.1) is 0 Å². The van der Waals surface area contributed by atoms with Crippen LogP contribution in [0.1, 0.15) is 37.8 Å². The van der Waals surface area contributed by atoms with Crippen molar-refractivity contribution in [2.75, 3.05) is 0 Å². The Hall–Kier alpha value is -1.03.